The van der Waals surface area contributed by atoms with Gasteiger partial charge in [-0.3, -0.25) is 4.79 Å². The Balaban J connectivity index is 1.52. The van der Waals surface area contributed by atoms with Crippen molar-refractivity contribution in [1.82, 2.24) is 0 Å². The summed E-state index contributed by atoms with van der Waals surface area (Å²) in [6, 6.07) is 20.4. The number of Topliss-reactive ketones (excluding diaryl/α,β-unsaturated/α-hetero) is 1. The summed E-state index contributed by atoms with van der Waals surface area (Å²) in [7, 11) is 0. The van der Waals surface area contributed by atoms with Gasteiger partial charge in [0.1, 0.15) is 5.78 Å². The lowest BCUT2D eigenvalue weighted by Gasteiger charge is -2.02. The van der Waals surface area contributed by atoms with E-state index in [0.29, 0.717) is 18.6 Å². The van der Waals surface area contributed by atoms with Gasteiger partial charge in [0, 0.05) is 12.8 Å². The highest BCUT2D eigenvalue weighted by atomic mass is 16.1. The molecule has 1 aliphatic rings. The van der Waals surface area contributed by atoms with Crippen LogP contribution >= 0.6 is 0 Å². The van der Waals surface area contributed by atoms with Crippen LogP contribution in [-0.4, -0.2) is 5.78 Å². The summed E-state index contributed by atoms with van der Waals surface area (Å²) in [4.78, 5) is 12.1. The van der Waals surface area contributed by atoms with Gasteiger partial charge in [-0.2, -0.15) is 0 Å². The summed E-state index contributed by atoms with van der Waals surface area (Å²) in [6.07, 6.45) is 7.49. The second kappa shape index (κ2) is 7.04. The van der Waals surface area contributed by atoms with E-state index in [9.17, 15) is 4.79 Å². The summed E-state index contributed by atoms with van der Waals surface area (Å²) in [5.74, 6) is 0.314. The molecule has 0 heterocycles. The molecule has 0 fully saturated rings. The summed E-state index contributed by atoms with van der Waals surface area (Å²) in [5, 5.41) is 0. The van der Waals surface area contributed by atoms with Gasteiger partial charge < -0.3 is 0 Å². The van der Waals surface area contributed by atoms with Crippen LogP contribution in [0.3, 0.4) is 0 Å². The van der Waals surface area contributed by atoms with Gasteiger partial charge in [0.15, 0.2) is 0 Å². The van der Waals surface area contributed by atoms with Crippen LogP contribution in [0.4, 0.5) is 0 Å². The van der Waals surface area contributed by atoms with Crippen LogP contribution in [0.5, 0.6) is 0 Å². The number of ketones is 1. The molecular weight excluding hydrogens is 268 g/mol. The maximum absolute atomic E-state index is 12.1. The molecule has 3 rings (SSSR count). The van der Waals surface area contributed by atoms with E-state index in [1.54, 1.807) is 0 Å². The molecule has 0 atom stereocenters. The monoisotopic (exact) mass is 288 g/mol. The maximum Gasteiger partial charge on any atom is 0.137 e. The first-order valence-electron chi connectivity index (χ1n) is 7.82. The molecule has 110 valence electrons. The van der Waals surface area contributed by atoms with Crippen molar-refractivity contribution in [1.29, 1.82) is 0 Å². The van der Waals surface area contributed by atoms with Crippen LogP contribution in [0, 0.1) is 0 Å². The minimum atomic E-state index is 0.314. The van der Waals surface area contributed by atoms with Crippen molar-refractivity contribution < 1.29 is 4.79 Å². The highest BCUT2D eigenvalue weighted by Gasteiger charge is 2.10. The molecule has 1 aliphatic carbocycles. The van der Waals surface area contributed by atoms with E-state index in [0.717, 1.165) is 18.4 Å². The van der Waals surface area contributed by atoms with Gasteiger partial charge in [-0.15, -0.1) is 0 Å². The van der Waals surface area contributed by atoms with Crippen LogP contribution in [0.15, 0.2) is 78.4 Å². The normalized spacial score (nSPS) is 13.6. The molecule has 0 unspecified atom stereocenters. The van der Waals surface area contributed by atoms with E-state index in [1.807, 2.05) is 36.4 Å². The van der Waals surface area contributed by atoms with Crippen molar-refractivity contribution in [3.05, 3.63) is 89.5 Å². The fourth-order valence-electron chi connectivity index (χ4n) is 2.81. The minimum absolute atomic E-state index is 0.314. The fourth-order valence-corrected chi connectivity index (χ4v) is 2.81. The Labute approximate surface area is 132 Å². The Hall–Kier alpha value is -2.41. The number of rotatable bonds is 6. The van der Waals surface area contributed by atoms with Gasteiger partial charge >= 0.3 is 0 Å². The Morgan fingerprint density at radius 1 is 0.909 bits per heavy atom. The Morgan fingerprint density at radius 3 is 2.32 bits per heavy atom. The van der Waals surface area contributed by atoms with Gasteiger partial charge in [-0.25, -0.2) is 0 Å². The number of hydrogen-bond donors (Lipinski definition) is 0. The molecule has 0 saturated carbocycles. The van der Waals surface area contributed by atoms with Crippen molar-refractivity contribution in [2.45, 2.75) is 25.7 Å². The molecule has 0 radical (unpaired) electrons. The predicted molar refractivity (Wildman–Crippen MR) is 91.5 cm³/mol. The lowest BCUT2D eigenvalue weighted by Crippen LogP contribution is -2.02. The van der Waals surface area contributed by atoms with E-state index in [1.165, 1.54) is 16.7 Å². The minimum Gasteiger partial charge on any atom is -0.299 e. The van der Waals surface area contributed by atoms with Crippen molar-refractivity contribution in [3.63, 3.8) is 0 Å². The number of benzene rings is 2. The van der Waals surface area contributed by atoms with E-state index in [2.05, 4.69) is 36.4 Å². The van der Waals surface area contributed by atoms with E-state index < -0.39 is 0 Å². The third-order valence-electron chi connectivity index (χ3n) is 4.03. The molecular formula is C21H20O. The summed E-state index contributed by atoms with van der Waals surface area (Å²) in [6.45, 7) is 0. The highest BCUT2D eigenvalue weighted by Crippen LogP contribution is 2.28. The quantitative estimate of drug-likeness (QED) is 0.731. The third-order valence-corrected chi connectivity index (χ3v) is 4.03. The standard InChI is InChI=1S/C21H20O/c22-21(16-17-7-3-1-4-8-17)14-12-18-11-13-20(15-18)19-9-5-2-6-10-19/h1-11,15H,12-14,16H2. The zero-order valence-electron chi connectivity index (χ0n) is 12.7. The topological polar surface area (TPSA) is 17.1 Å². The number of carbonyl (C=O) groups excluding carboxylic acids is 1. The number of allylic oxidation sites excluding steroid dienone is 4. The summed E-state index contributed by atoms with van der Waals surface area (Å²) >= 11 is 0. The zero-order chi connectivity index (χ0) is 15.2. The Morgan fingerprint density at radius 2 is 1.59 bits per heavy atom. The average molecular weight is 288 g/mol. The molecule has 0 bridgehead atoms. The van der Waals surface area contributed by atoms with Gasteiger partial charge in [0.25, 0.3) is 0 Å². The van der Waals surface area contributed by atoms with Crippen molar-refractivity contribution >= 4 is 11.4 Å². The highest BCUT2D eigenvalue weighted by molar-refractivity contribution is 5.81. The smallest absolute Gasteiger partial charge is 0.137 e. The van der Waals surface area contributed by atoms with E-state index >= 15 is 0 Å². The molecule has 0 N–H and O–H groups in total. The molecule has 0 aliphatic heterocycles. The van der Waals surface area contributed by atoms with E-state index in [-0.39, 0.29) is 0 Å². The number of hydrogen-bond acceptors (Lipinski definition) is 1. The van der Waals surface area contributed by atoms with Crippen molar-refractivity contribution in [3.8, 4) is 0 Å². The largest absolute Gasteiger partial charge is 0.299 e. The van der Waals surface area contributed by atoms with Gasteiger partial charge in [-0.1, -0.05) is 78.4 Å². The van der Waals surface area contributed by atoms with Crippen molar-refractivity contribution in [2.75, 3.05) is 0 Å². The number of carbonyl (C=O) groups is 1. The van der Waals surface area contributed by atoms with Gasteiger partial charge in [-0.05, 0) is 29.5 Å². The van der Waals surface area contributed by atoms with Gasteiger partial charge in [0.2, 0.25) is 0 Å². The summed E-state index contributed by atoms with van der Waals surface area (Å²) < 4.78 is 0. The molecule has 0 spiro atoms. The SMILES string of the molecule is O=C(CCC1=CCC(c2ccccc2)=C1)Cc1ccccc1. The molecule has 1 heteroatoms. The Kier molecular flexibility index (Phi) is 4.65. The molecule has 0 aromatic heterocycles. The lowest BCUT2D eigenvalue weighted by molar-refractivity contribution is -0.118. The lowest BCUT2D eigenvalue weighted by atomic mass is 10.0. The predicted octanol–water partition coefficient (Wildman–Crippen LogP) is 4.99. The second-order valence-corrected chi connectivity index (χ2v) is 5.72. The van der Waals surface area contributed by atoms with Crippen LogP contribution < -0.4 is 0 Å². The van der Waals surface area contributed by atoms with E-state index in [4.69, 9.17) is 0 Å². The van der Waals surface area contributed by atoms with Crippen LogP contribution in [0.25, 0.3) is 5.57 Å². The molecule has 22 heavy (non-hydrogen) atoms. The van der Waals surface area contributed by atoms with Gasteiger partial charge in [0.05, 0.1) is 0 Å². The average Bonchev–Trinajstić information content (AvgIpc) is 3.04. The third kappa shape index (κ3) is 3.82. The van der Waals surface area contributed by atoms with Crippen LogP contribution in [0.2, 0.25) is 0 Å². The molecule has 0 amide bonds. The molecule has 0 saturated heterocycles. The first-order chi connectivity index (χ1) is 10.8. The second-order valence-electron chi connectivity index (χ2n) is 5.72. The van der Waals surface area contributed by atoms with Crippen molar-refractivity contribution in [2.24, 2.45) is 0 Å². The molecule has 1 nitrogen and oxygen atoms in total. The first-order valence-corrected chi connectivity index (χ1v) is 7.82. The fraction of sp³-hybridized carbons (Fsp3) is 0.190. The van der Waals surface area contributed by atoms with Crippen LogP contribution in [0.1, 0.15) is 30.4 Å². The van der Waals surface area contributed by atoms with Crippen LogP contribution in [-0.2, 0) is 11.2 Å². The maximum atomic E-state index is 12.1. The first kappa shape index (κ1) is 14.5. The zero-order valence-corrected chi connectivity index (χ0v) is 12.7. The summed E-state index contributed by atoms with van der Waals surface area (Å²) in [5.41, 5.74) is 5.03. The Bertz CT molecular complexity index is 693. The molecule has 2 aromatic carbocycles. The molecule has 2 aromatic rings.